The van der Waals surface area contributed by atoms with Crippen LogP contribution in [0.4, 0.5) is 0 Å². The molecule has 1 atom stereocenters. The lowest BCUT2D eigenvalue weighted by Gasteiger charge is -2.20. The average Bonchev–Trinajstić information content (AvgIpc) is 3.16. The van der Waals surface area contributed by atoms with Crippen molar-refractivity contribution in [3.63, 3.8) is 0 Å². The molecule has 1 aliphatic rings. The normalized spacial score (nSPS) is 13.6. The zero-order chi connectivity index (χ0) is 25.8. The van der Waals surface area contributed by atoms with Gasteiger partial charge in [-0.25, -0.2) is 4.79 Å². The van der Waals surface area contributed by atoms with Crippen LogP contribution in [0.3, 0.4) is 0 Å². The maximum absolute atomic E-state index is 12.8. The lowest BCUT2D eigenvalue weighted by molar-refractivity contribution is -0.138. The molecule has 180 valence electrons. The highest BCUT2D eigenvalue weighted by Gasteiger charge is 2.41. The van der Waals surface area contributed by atoms with Crippen molar-refractivity contribution in [3.8, 4) is 23.3 Å². The predicted molar refractivity (Wildman–Crippen MR) is 132 cm³/mol. The Morgan fingerprint density at radius 3 is 2.19 bits per heavy atom. The Hall–Kier alpha value is -4.90. The molecule has 0 aliphatic carbocycles. The van der Waals surface area contributed by atoms with Gasteiger partial charge in [-0.05, 0) is 66.6 Å². The van der Waals surface area contributed by atoms with Gasteiger partial charge in [-0.1, -0.05) is 24.3 Å². The number of amides is 2. The Morgan fingerprint density at radius 2 is 1.58 bits per heavy atom. The summed E-state index contributed by atoms with van der Waals surface area (Å²) >= 11 is 0. The highest BCUT2D eigenvalue weighted by atomic mass is 16.5. The third-order valence-electron chi connectivity index (χ3n) is 5.76. The van der Waals surface area contributed by atoms with E-state index in [9.17, 15) is 19.6 Å². The maximum Gasteiger partial charge on any atom is 0.334 e. The number of esters is 1. The van der Waals surface area contributed by atoms with E-state index in [1.54, 1.807) is 72.8 Å². The molecule has 0 radical (unpaired) electrons. The number of nitriles is 1. The summed E-state index contributed by atoms with van der Waals surface area (Å²) in [6.07, 6.45) is 1.65. The van der Waals surface area contributed by atoms with Crippen LogP contribution in [0.15, 0.2) is 66.7 Å². The van der Waals surface area contributed by atoms with E-state index in [1.165, 1.54) is 21.1 Å². The Bertz CT molecular complexity index is 1400. The van der Waals surface area contributed by atoms with Gasteiger partial charge in [0.2, 0.25) is 0 Å². The van der Waals surface area contributed by atoms with Gasteiger partial charge in [0.1, 0.15) is 11.8 Å². The van der Waals surface area contributed by atoms with Gasteiger partial charge in [-0.2, -0.15) is 5.26 Å². The van der Waals surface area contributed by atoms with E-state index in [0.29, 0.717) is 28.2 Å². The molecule has 0 saturated heterocycles. The van der Waals surface area contributed by atoms with Crippen LogP contribution < -0.4 is 14.2 Å². The molecule has 4 rings (SSSR count). The number of fused-ring (bicyclic) bond motifs is 1. The minimum absolute atomic E-state index is 0.210. The van der Waals surface area contributed by atoms with Crippen molar-refractivity contribution in [1.82, 2.24) is 4.90 Å². The third kappa shape index (κ3) is 4.55. The fourth-order valence-corrected chi connectivity index (χ4v) is 3.88. The van der Waals surface area contributed by atoms with Gasteiger partial charge >= 0.3 is 5.97 Å². The van der Waals surface area contributed by atoms with Gasteiger partial charge < -0.3 is 14.2 Å². The van der Waals surface area contributed by atoms with Crippen molar-refractivity contribution >= 4 is 29.4 Å². The van der Waals surface area contributed by atoms with Crippen molar-refractivity contribution in [3.05, 3.63) is 89.0 Å². The van der Waals surface area contributed by atoms with Crippen LogP contribution in [0, 0.1) is 11.3 Å². The Balaban J connectivity index is 1.53. The van der Waals surface area contributed by atoms with Crippen molar-refractivity contribution in [1.29, 1.82) is 5.26 Å². The lowest BCUT2D eigenvalue weighted by atomic mass is 10.0. The fourth-order valence-electron chi connectivity index (χ4n) is 3.88. The monoisotopic (exact) mass is 482 g/mol. The molecule has 0 spiro atoms. The predicted octanol–water partition coefficient (Wildman–Crippen LogP) is 4.36. The highest BCUT2D eigenvalue weighted by Crippen LogP contribution is 2.31. The van der Waals surface area contributed by atoms with E-state index in [-0.39, 0.29) is 16.9 Å². The topological polar surface area (TPSA) is 106 Å². The lowest BCUT2D eigenvalue weighted by Crippen LogP contribution is -2.44. The second kappa shape index (κ2) is 10.2. The minimum atomic E-state index is -1.13. The summed E-state index contributed by atoms with van der Waals surface area (Å²) in [7, 11) is 3.04. The molecule has 3 aromatic carbocycles. The number of allylic oxidation sites excluding steroid dienone is 1. The van der Waals surface area contributed by atoms with Crippen molar-refractivity contribution in [2.75, 3.05) is 14.2 Å². The second-order valence-corrected chi connectivity index (χ2v) is 7.94. The zero-order valence-electron chi connectivity index (χ0n) is 19.8. The molecular weight excluding hydrogens is 460 g/mol. The number of benzene rings is 3. The first kappa shape index (κ1) is 24.2. The Morgan fingerprint density at radius 1 is 0.917 bits per heavy atom. The summed E-state index contributed by atoms with van der Waals surface area (Å²) in [5.41, 5.74) is 2.11. The largest absolute Gasteiger partial charge is 0.493 e. The summed E-state index contributed by atoms with van der Waals surface area (Å²) in [6, 6.07) is 19.2. The van der Waals surface area contributed by atoms with Crippen molar-refractivity contribution in [2.45, 2.75) is 13.0 Å². The first-order valence-electron chi connectivity index (χ1n) is 11.0. The molecule has 36 heavy (non-hydrogen) atoms. The molecule has 0 fully saturated rings. The molecule has 1 unspecified atom stereocenters. The van der Waals surface area contributed by atoms with E-state index in [1.807, 2.05) is 0 Å². The number of hydrogen-bond donors (Lipinski definition) is 0. The van der Waals surface area contributed by atoms with E-state index in [0.717, 1.165) is 4.90 Å². The molecular formula is C28H22N2O6. The van der Waals surface area contributed by atoms with Crippen molar-refractivity contribution < 1.29 is 28.6 Å². The van der Waals surface area contributed by atoms with E-state index >= 15 is 0 Å². The highest BCUT2D eigenvalue weighted by molar-refractivity contribution is 6.22. The molecule has 1 heterocycles. The van der Waals surface area contributed by atoms with Crippen LogP contribution in [0.2, 0.25) is 0 Å². The number of ether oxygens (including phenoxy) is 3. The minimum Gasteiger partial charge on any atom is -0.493 e. The van der Waals surface area contributed by atoms with Crippen LogP contribution in [-0.2, 0) is 4.79 Å². The van der Waals surface area contributed by atoms with Gasteiger partial charge in [0, 0.05) is 0 Å². The standard InChI is InChI=1S/C28H22N2O6/c1-17(30-26(31)22-9-4-5-10-23(22)27(30)32)28(33)36-21-8-6-7-18(14-21)13-20(16-29)19-11-12-24(34-2)25(15-19)35-3/h4-15,17H,1-3H3/b20-13-. The second-order valence-electron chi connectivity index (χ2n) is 7.94. The van der Waals surface area contributed by atoms with E-state index < -0.39 is 23.8 Å². The smallest absolute Gasteiger partial charge is 0.334 e. The molecule has 0 aromatic heterocycles. The number of imide groups is 1. The van der Waals surface area contributed by atoms with Crippen LogP contribution in [-0.4, -0.2) is 42.9 Å². The number of hydrogen-bond acceptors (Lipinski definition) is 7. The van der Waals surface area contributed by atoms with Gasteiger partial charge in [-0.15, -0.1) is 0 Å². The van der Waals surface area contributed by atoms with Gasteiger partial charge in [0.25, 0.3) is 11.8 Å². The molecule has 0 bridgehead atoms. The van der Waals surface area contributed by atoms with E-state index in [4.69, 9.17) is 14.2 Å². The zero-order valence-corrected chi connectivity index (χ0v) is 19.8. The molecule has 3 aromatic rings. The van der Waals surface area contributed by atoms with Crippen LogP contribution >= 0.6 is 0 Å². The summed E-state index contributed by atoms with van der Waals surface area (Å²) in [6.45, 7) is 1.44. The first-order valence-corrected chi connectivity index (χ1v) is 11.0. The number of carbonyl (C=O) groups excluding carboxylic acids is 3. The summed E-state index contributed by atoms with van der Waals surface area (Å²) in [5, 5.41) is 9.72. The number of nitrogens with zero attached hydrogens (tertiary/aromatic N) is 2. The summed E-state index contributed by atoms with van der Waals surface area (Å²) in [4.78, 5) is 39.1. The molecule has 1 aliphatic heterocycles. The molecule has 8 heteroatoms. The molecule has 0 N–H and O–H groups in total. The van der Waals surface area contributed by atoms with E-state index in [2.05, 4.69) is 6.07 Å². The van der Waals surface area contributed by atoms with Crippen LogP contribution in [0.5, 0.6) is 17.2 Å². The number of methoxy groups -OCH3 is 2. The fraction of sp³-hybridized carbons (Fsp3) is 0.143. The Kier molecular flexibility index (Phi) is 6.84. The maximum atomic E-state index is 12.8. The average molecular weight is 482 g/mol. The molecule has 8 nitrogen and oxygen atoms in total. The first-order chi connectivity index (χ1) is 17.4. The number of rotatable bonds is 7. The van der Waals surface area contributed by atoms with Crippen LogP contribution in [0.25, 0.3) is 11.6 Å². The van der Waals surface area contributed by atoms with Gasteiger partial charge in [0.15, 0.2) is 11.5 Å². The number of carbonyl (C=O) groups is 3. The Labute approximate surface area is 207 Å². The summed E-state index contributed by atoms with van der Waals surface area (Å²) < 4.78 is 16.0. The molecule has 0 saturated carbocycles. The SMILES string of the molecule is COc1ccc(/C(C#N)=C\c2cccc(OC(=O)C(C)N3C(=O)c4ccccc4C3=O)c2)cc1OC. The van der Waals surface area contributed by atoms with Crippen LogP contribution in [0.1, 0.15) is 38.8 Å². The van der Waals surface area contributed by atoms with Gasteiger partial charge in [0.05, 0.1) is 37.0 Å². The quantitative estimate of drug-likeness (QED) is 0.162. The van der Waals surface area contributed by atoms with Gasteiger partial charge in [-0.3, -0.25) is 14.5 Å². The molecule has 2 amide bonds. The van der Waals surface area contributed by atoms with Crippen molar-refractivity contribution in [2.24, 2.45) is 0 Å². The summed E-state index contributed by atoms with van der Waals surface area (Å²) in [5.74, 6) is -0.593. The third-order valence-corrected chi connectivity index (χ3v) is 5.76.